The van der Waals surface area contributed by atoms with Gasteiger partial charge in [-0.1, -0.05) is 13.8 Å². The molecule has 2 amide bonds. The van der Waals surface area contributed by atoms with Crippen LogP contribution in [-0.4, -0.2) is 42.6 Å². The average Bonchev–Trinajstić information content (AvgIpc) is 2.77. The Balaban J connectivity index is 1.85. The molecule has 2 heterocycles. The van der Waals surface area contributed by atoms with E-state index in [-0.39, 0.29) is 6.03 Å². The summed E-state index contributed by atoms with van der Waals surface area (Å²) in [5, 5.41) is 6.46. The van der Waals surface area contributed by atoms with Crippen LogP contribution < -0.4 is 10.6 Å². The Morgan fingerprint density at radius 1 is 1.53 bits per heavy atom. The van der Waals surface area contributed by atoms with Crippen molar-refractivity contribution in [2.45, 2.75) is 38.8 Å². The molecule has 2 fully saturated rings. The van der Waals surface area contributed by atoms with Crippen LogP contribution in [-0.2, 0) is 0 Å². The summed E-state index contributed by atoms with van der Waals surface area (Å²) in [6, 6.07) is 0.961. The van der Waals surface area contributed by atoms with Crippen LogP contribution in [0, 0.1) is 5.92 Å². The highest BCUT2D eigenvalue weighted by Crippen LogP contribution is 2.14. The zero-order valence-electron chi connectivity index (χ0n) is 9.62. The molecule has 0 aromatic rings. The molecule has 2 unspecified atom stereocenters. The smallest absolute Gasteiger partial charge is 0.317 e. The van der Waals surface area contributed by atoms with Gasteiger partial charge in [0.25, 0.3) is 0 Å². The van der Waals surface area contributed by atoms with Crippen LogP contribution in [0.2, 0.25) is 0 Å². The fourth-order valence-corrected chi connectivity index (χ4v) is 2.33. The number of nitrogens with one attached hydrogen (secondary N) is 2. The van der Waals surface area contributed by atoms with Crippen molar-refractivity contribution in [2.75, 3.05) is 19.6 Å². The van der Waals surface area contributed by atoms with Gasteiger partial charge < -0.3 is 15.5 Å². The van der Waals surface area contributed by atoms with Crippen LogP contribution in [0.5, 0.6) is 0 Å². The second-order valence-electron chi connectivity index (χ2n) is 5.00. The van der Waals surface area contributed by atoms with E-state index in [9.17, 15) is 4.79 Å². The van der Waals surface area contributed by atoms with Gasteiger partial charge in [-0.25, -0.2) is 4.79 Å². The van der Waals surface area contributed by atoms with E-state index in [0.717, 1.165) is 19.6 Å². The summed E-state index contributed by atoms with van der Waals surface area (Å²) in [6.07, 6.45) is 2.45. The summed E-state index contributed by atoms with van der Waals surface area (Å²) >= 11 is 0. The lowest BCUT2D eigenvalue weighted by molar-refractivity contribution is 0.213. The molecule has 4 nitrogen and oxygen atoms in total. The Kier molecular flexibility index (Phi) is 3.14. The van der Waals surface area contributed by atoms with E-state index in [4.69, 9.17) is 0 Å². The fourth-order valence-electron chi connectivity index (χ4n) is 2.33. The molecule has 2 aliphatic rings. The van der Waals surface area contributed by atoms with Gasteiger partial charge in [0.15, 0.2) is 0 Å². The molecule has 0 aliphatic carbocycles. The van der Waals surface area contributed by atoms with Crippen molar-refractivity contribution in [2.24, 2.45) is 5.92 Å². The topological polar surface area (TPSA) is 44.4 Å². The lowest BCUT2D eigenvalue weighted by atomic mass is 10.1. The van der Waals surface area contributed by atoms with Gasteiger partial charge >= 0.3 is 6.03 Å². The molecule has 0 bridgehead atoms. The molecule has 0 aromatic carbocycles. The Bertz CT molecular complexity index is 236. The SMILES string of the molecule is CC(C)C1CN(CC2CCCN2)C(=O)N1. The first-order valence-electron chi connectivity index (χ1n) is 5.95. The lowest BCUT2D eigenvalue weighted by Crippen LogP contribution is -2.39. The molecule has 4 heteroatoms. The number of carbonyl (C=O) groups is 1. The number of hydrogen-bond acceptors (Lipinski definition) is 2. The van der Waals surface area contributed by atoms with Gasteiger partial charge in [0.05, 0.1) is 6.04 Å². The van der Waals surface area contributed by atoms with Crippen molar-refractivity contribution in [1.29, 1.82) is 0 Å². The summed E-state index contributed by atoms with van der Waals surface area (Å²) in [5.41, 5.74) is 0. The number of urea groups is 1. The van der Waals surface area contributed by atoms with E-state index in [1.165, 1.54) is 12.8 Å². The molecule has 15 heavy (non-hydrogen) atoms. The summed E-state index contributed by atoms with van der Waals surface area (Å²) in [6.45, 7) is 7.15. The quantitative estimate of drug-likeness (QED) is 0.725. The first-order valence-corrected chi connectivity index (χ1v) is 5.95. The number of nitrogens with zero attached hydrogens (tertiary/aromatic N) is 1. The molecular formula is C11H21N3O. The molecule has 0 spiro atoms. The highest BCUT2D eigenvalue weighted by molar-refractivity contribution is 5.77. The maximum absolute atomic E-state index is 11.7. The third kappa shape index (κ3) is 2.43. The normalized spacial score (nSPS) is 31.4. The number of hydrogen-bond donors (Lipinski definition) is 2. The first kappa shape index (κ1) is 10.7. The third-order valence-electron chi connectivity index (χ3n) is 3.42. The zero-order chi connectivity index (χ0) is 10.8. The molecule has 2 rings (SSSR count). The number of amides is 2. The number of rotatable bonds is 3. The molecule has 2 saturated heterocycles. The van der Waals surface area contributed by atoms with E-state index >= 15 is 0 Å². The molecule has 0 radical (unpaired) electrons. The zero-order valence-corrected chi connectivity index (χ0v) is 9.62. The molecule has 0 saturated carbocycles. The van der Waals surface area contributed by atoms with E-state index in [1.807, 2.05) is 4.90 Å². The van der Waals surface area contributed by atoms with Gasteiger partial charge in [-0.3, -0.25) is 0 Å². The maximum Gasteiger partial charge on any atom is 0.317 e. The van der Waals surface area contributed by atoms with Crippen LogP contribution in [0.25, 0.3) is 0 Å². The Morgan fingerprint density at radius 2 is 2.33 bits per heavy atom. The molecule has 2 atom stereocenters. The Morgan fingerprint density at radius 3 is 2.87 bits per heavy atom. The lowest BCUT2D eigenvalue weighted by Gasteiger charge is -2.20. The molecule has 2 aliphatic heterocycles. The fraction of sp³-hybridized carbons (Fsp3) is 0.909. The molecule has 86 valence electrons. The van der Waals surface area contributed by atoms with E-state index in [2.05, 4.69) is 24.5 Å². The van der Waals surface area contributed by atoms with Crippen LogP contribution in [0.4, 0.5) is 4.79 Å². The second-order valence-corrected chi connectivity index (χ2v) is 5.00. The molecule has 0 aromatic heterocycles. The van der Waals surface area contributed by atoms with E-state index in [1.54, 1.807) is 0 Å². The van der Waals surface area contributed by atoms with Crippen LogP contribution in [0.15, 0.2) is 0 Å². The highest BCUT2D eigenvalue weighted by Gasteiger charge is 2.32. The van der Waals surface area contributed by atoms with Crippen LogP contribution in [0.3, 0.4) is 0 Å². The maximum atomic E-state index is 11.7. The van der Waals surface area contributed by atoms with Crippen molar-refractivity contribution in [1.82, 2.24) is 15.5 Å². The van der Waals surface area contributed by atoms with Gasteiger partial charge in [0.2, 0.25) is 0 Å². The predicted molar refractivity (Wildman–Crippen MR) is 59.8 cm³/mol. The summed E-state index contributed by atoms with van der Waals surface area (Å²) in [5.74, 6) is 0.524. The van der Waals surface area contributed by atoms with Crippen molar-refractivity contribution >= 4 is 6.03 Å². The number of carbonyl (C=O) groups excluding carboxylic acids is 1. The monoisotopic (exact) mass is 211 g/mol. The van der Waals surface area contributed by atoms with Gasteiger partial charge in [0.1, 0.15) is 0 Å². The second kappa shape index (κ2) is 4.39. The van der Waals surface area contributed by atoms with E-state index < -0.39 is 0 Å². The van der Waals surface area contributed by atoms with Gasteiger partial charge in [-0.05, 0) is 25.3 Å². The predicted octanol–water partition coefficient (Wildman–Crippen LogP) is 0.788. The van der Waals surface area contributed by atoms with Gasteiger partial charge in [0, 0.05) is 19.1 Å². The summed E-state index contributed by atoms with van der Waals surface area (Å²) < 4.78 is 0. The summed E-state index contributed by atoms with van der Waals surface area (Å²) in [7, 11) is 0. The molecular weight excluding hydrogens is 190 g/mol. The van der Waals surface area contributed by atoms with Crippen LogP contribution >= 0.6 is 0 Å². The van der Waals surface area contributed by atoms with Crippen molar-refractivity contribution in [3.05, 3.63) is 0 Å². The molecule has 2 N–H and O–H groups in total. The summed E-state index contributed by atoms with van der Waals surface area (Å²) in [4.78, 5) is 13.6. The minimum Gasteiger partial charge on any atom is -0.333 e. The third-order valence-corrected chi connectivity index (χ3v) is 3.42. The average molecular weight is 211 g/mol. The van der Waals surface area contributed by atoms with E-state index in [0.29, 0.717) is 18.0 Å². The Labute approximate surface area is 91.4 Å². The van der Waals surface area contributed by atoms with Gasteiger partial charge in [-0.2, -0.15) is 0 Å². The standard InChI is InChI=1S/C11H21N3O/c1-8(2)10-7-14(11(15)13-10)6-9-4-3-5-12-9/h8-10,12H,3-7H2,1-2H3,(H,13,15). The highest BCUT2D eigenvalue weighted by atomic mass is 16.2. The van der Waals surface area contributed by atoms with Gasteiger partial charge in [-0.15, -0.1) is 0 Å². The van der Waals surface area contributed by atoms with Crippen molar-refractivity contribution < 1.29 is 4.79 Å². The Hall–Kier alpha value is -0.770. The van der Waals surface area contributed by atoms with Crippen molar-refractivity contribution in [3.63, 3.8) is 0 Å². The minimum atomic E-state index is 0.113. The largest absolute Gasteiger partial charge is 0.333 e. The van der Waals surface area contributed by atoms with Crippen LogP contribution in [0.1, 0.15) is 26.7 Å². The van der Waals surface area contributed by atoms with Crippen molar-refractivity contribution in [3.8, 4) is 0 Å². The minimum absolute atomic E-state index is 0.113. The first-order chi connectivity index (χ1) is 7.16.